The monoisotopic (exact) mass is 327 g/mol. The highest BCUT2D eigenvalue weighted by Gasteiger charge is 2.10. The lowest BCUT2D eigenvalue weighted by Crippen LogP contribution is -2.20. The first-order valence-corrected chi connectivity index (χ1v) is 8.62. The summed E-state index contributed by atoms with van der Waals surface area (Å²) in [5.41, 5.74) is 3.56. The largest absolute Gasteiger partial charge is 0.305 e. The minimum Gasteiger partial charge on any atom is -0.305 e. The Morgan fingerprint density at radius 1 is 0.880 bits per heavy atom. The Bertz CT molecular complexity index is 967. The Labute approximate surface area is 147 Å². The molecular formula is C22H21N3. The number of nitrogens with zero attached hydrogens (tertiary/aromatic N) is 2. The van der Waals surface area contributed by atoms with Crippen molar-refractivity contribution in [3.05, 3.63) is 96.3 Å². The van der Waals surface area contributed by atoms with Gasteiger partial charge >= 0.3 is 0 Å². The molecule has 0 spiro atoms. The molecule has 0 bridgehead atoms. The molecule has 0 radical (unpaired) electrons. The van der Waals surface area contributed by atoms with Crippen molar-refractivity contribution in [2.45, 2.75) is 19.5 Å². The molecular weight excluding hydrogens is 306 g/mol. The van der Waals surface area contributed by atoms with Crippen LogP contribution in [0.15, 0.2) is 85.1 Å². The average Bonchev–Trinajstić information content (AvgIpc) is 3.15. The van der Waals surface area contributed by atoms with Crippen LogP contribution in [0.3, 0.4) is 0 Å². The summed E-state index contributed by atoms with van der Waals surface area (Å²) in [6.07, 6.45) is 1.85. The molecule has 0 saturated carbocycles. The first kappa shape index (κ1) is 15.6. The lowest BCUT2D eigenvalue weighted by Gasteiger charge is -2.17. The number of rotatable bonds is 5. The molecule has 0 aliphatic carbocycles. The van der Waals surface area contributed by atoms with Gasteiger partial charge in [-0.3, -0.25) is 0 Å². The van der Waals surface area contributed by atoms with Crippen LogP contribution < -0.4 is 5.32 Å². The summed E-state index contributed by atoms with van der Waals surface area (Å²) < 4.78 is 1.99. The molecule has 4 rings (SSSR count). The molecule has 4 aromatic rings. The van der Waals surface area contributed by atoms with Crippen LogP contribution in [-0.4, -0.2) is 9.78 Å². The van der Waals surface area contributed by atoms with E-state index in [1.165, 1.54) is 16.3 Å². The first-order valence-electron chi connectivity index (χ1n) is 8.62. The highest BCUT2D eigenvalue weighted by atomic mass is 15.3. The lowest BCUT2D eigenvalue weighted by atomic mass is 10.00. The van der Waals surface area contributed by atoms with Gasteiger partial charge in [0.2, 0.25) is 0 Å². The van der Waals surface area contributed by atoms with Gasteiger partial charge in [-0.05, 0) is 41.5 Å². The van der Waals surface area contributed by atoms with Crippen LogP contribution in [0.25, 0.3) is 16.5 Å². The molecule has 0 aliphatic heterocycles. The Kier molecular flexibility index (Phi) is 4.32. The predicted molar refractivity (Wildman–Crippen MR) is 103 cm³/mol. The van der Waals surface area contributed by atoms with Gasteiger partial charge in [-0.2, -0.15) is 5.10 Å². The summed E-state index contributed by atoms with van der Waals surface area (Å²) in [4.78, 5) is 0. The molecule has 1 aromatic heterocycles. The van der Waals surface area contributed by atoms with E-state index >= 15 is 0 Å². The smallest absolute Gasteiger partial charge is 0.0649 e. The standard InChI is InChI=1S/C22H21N3/c1-17(21-13-7-9-18-8-5-6-12-22(18)21)23-16-20-14-15-24-25(20)19-10-3-2-4-11-19/h2-15,17,23H,16H2,1H3. The van der Waals surface area contributed by atoms with E-state index in [2.05, 4.69) is 78.0 Å². The Balaban J connectivity index is 1.55. The predicted octanol–water partition coefficient (Wildman–Crippen LogP) is 4.88. The third-order valence-corrected chi connectivity index (χ3v) is 4.60. The number of fused-ring (bicyclic) bond motifs is 1. The van der Waals surface area contributed by atoms with Crippen LogP contribution in [-0.2, 0) is 6.54 Å². The number of hydrogen-bond acceptors (Lipinski definition) is 2. The fraction of sp³-hybridized carbons (Fsp3) is 0.136. The van der Waals surface area contributed by atoms with Gasteiger partial charge in [0.25, 0.3) is 0 Å². The van der Waals surface area contributed by atoms with E-state index in [9.17, 15) is 0 Å². The minimum absolute atomic E-state index is 0.255. The first-order chi connectivity index (χ1) is 12.3. The van der Waals surface area contributed by atoms with Crippen LogP contribution in [0.2, 0.25) is 0 Å². The van der Waals surface area contributed by atoms with Crippen molar-refractivity contribution in [2.75, 3.05) is 0 Å². The van der Waals surface area contributed by atoms with E-state index in [4.69, 9.17) is 0 Å². The number of para-hydroxylation sites is 1. The molecule has 0 amide bonds. The van der Waals surface area contributed by atoms with Crippen molar-refractivity contribution < 1.29 is 0 Å². The van der Waals surface area contributed by atoms with Crippen LogP contribution in [0, 0.1) is 0 Å². The van der Waals surface area contributed by atoms with Gasteiger partial charge in [0, 0.05) is 18.8 Å². The molecule has 124 valence electrons. The normalized spacial score (nSPS) is 12.4. The zero-order valence-electron chi connectivity index (χ0n) is 14.3. The number of aromatic nitrogens is 2. The number of nitrogens with one attached hydrogen (secondary N) is 1. The molecule has 3 heteroatoms. The average molecular weight is 327 g/mol. The molecule has 1 unspecified atom stereocenters. The lowest BCUT2D eigenvalue weighted by molar-refractivity contribution is 0.561. The second-order valence-corrected chi connectivity index (χ2v) is 6.24. The molecule has 1 N–H and O–H groups in total. The second kappa shape index (κ2) is 6.91. The highest BCUT2D eigenvalue weighted by Crippen LogP contribution is 2.24. The van der Waals surface area contributed by atoms with E-state index < -0.39 is 0 Å². The highest BCUT2D eigenvalue weighted by molar-refractivity contribution is 5.86. The van der Waals surface area contributed by atoms with Crippen molar-refractivity contribution in [1.29, 1.82) is 0 Å². The summed E-state index contributed by atoms with van der Waals surface area (Å²) in [7, 11) is 0. The van der Waals surface area contributed by atoms with Gasteiger partial charge in [-0.15, -0.1) is 0 Å². The van der Waals surface area contributed by atoms with Crippen molar-refractivity contribution in [2.24, 2.45) is 0 Å². The summed E-state index contributed by atoms with van der Waals surface area (Å²) in [6.45, 7) is 2.98. The van der Waals surface area contributed by atoms with Gasteiger partial charge in [-0.25, -0.2) is 4.68 Å². The Morgan fingerprint density at radius 2 is 1.64 bits per heavy atom. The van der Waals surface area contributed by atoms with Gasteiger partial charge in [0.1, 0.15) is 0 Å². The summed E-state index contributed by atoms with van der Waals surface area (Å²) in [5, 5.41) is 10.7. The summed E-state index contributed by atoms with van der Waals surface area (Å²) in [6, 6.07) is 27.6. The van der Waals surface area contributed by atoms with Crippen LogP contribution >= 0.6 is 0 Å². The molecule has 1 heterocycles. The van der Waals surface area contributed by atoms with E-state index in [-0.39, 0.29) is 6.04 Å². The van der Waals surface area contributed by atoms with E-state index in [1.54, 1.807) is 0 Å². The topological polar surface area (TPSA) is 29.9 Å². The molecule has 1 atom stereocenters. The van der Waals surface area contributed by atoms with Crippen molar-refractivity contribution in [3.63, 3.8) is 0 Å². The maximum Gasteiger partial charge on any atom is 0.0649 e. The maximum absolute atomic E-state index is 4.46. The van der Waals surface area contributed by atoms with Crippen molar-refractivity contribution in [3.8, 4) is 5.69 Å². The van der Waals surface area contributed by atoms with Crippen molar-refractivity contribution in [1.82, 2.24) is 15.1 Å². The van der Waals surface area contributed by atoms with Crippen LogP contribution in [0.1, 0.15) is 24.2 Å². The second-order valence-electron chi connectivity index (χ2n) is 6.24. The zero-order valence-corrected chi connectivity index (χ0v) is 14.3. The SMILES string of the molecule is CC(NCc1ccnn1-c1ccccc1)c1cccc2ccccc12. The third kappa shape index (κ3) is 3.19. The third-order valence-electron chi connectivity index (χ3n) is 4.60. The van der Waals surface area contributed by atoms with Crippen molar-refractivity contribution >= 4 is 10.8 Å². The molecule has 0 aliphatic rings. The fourth-order valence-electron chi connectivity index (χ4n) is 3.26. The zero-order chi connectivity index (χ0) is 17.1. The minimum atomic E-state index is 0.255. The fourth-order valence-corrected chi connectivity index (χ4v) is 3.26. The summed E-state index contributed by atoms with van der Waals surface area (Å²) >= 11 is 0. The quantitative estimate of drug-likeness (QED) is 0.566. The Hall–Kier alpha value is -2.91. The van der Waals surface area contributed by atoms with Crippen LogP contribution in [0.5, 0.6) is 0 Å². The Morgan fingerprint density at radius 3 is 2.52 bits per heavy atom. The van der Waals surface area contributed by atoms with Gasteiger partial charge in [0.15, 0.2) is 0 Å². The van der Waals surface area contributed by atoms with E-state index in [1.807, 2.05) is 29.1 Å². The molecule has 3 nitrogen and oxygen atoms in total. The molecule has 25 heavy (non-hydrogen) atoms. The van der Waals surface area contributed by atoms with Gasteiger partial charge < -0.3 is 5.32 Å². The number of hydrogen-bond donors (Lipinski definition) is 1. The van der Waals surface area contributed by atoms with E-state index in [0.29, 0.717) is 0 Å². The van der Waals surface area contributed by atoms with E-state index in [0.717, 1.165) is 17.9 Å². The van der Waals surface area contributed by atoms with Gasteiger partial charge in [-0.1, -0.05) is 60.7 Å². The maximum atomic E-state index is 4.46. The summed E-state index contributed by atoms with van der Waals surface area (Å²) in [5.74, 6) is 0. The molecule has 3 aromatic carbocycles. The van der Waals surface area contributed by atoms with Crippen LogP contribution in [0.4, 0.5) is 0 Å². The molecule has 0 fully saturated rings. The number of benzene rings is 3. The van der Waals surface area contributed by atoms with Gasteiger partial charge in [0.05, 0.1) is 11.4 Å². The molecule has 0 saturated heterocycles.